The summed E-state index contributed by atoms with van der Waals surface area (Å²) < 4.78 is 4.59. The molecule has 13 heavy (non-hydrogen) atoms. The molecular weight excluding hydrogens is 170 g/mol. The number of amides is 1. The Morgan fingerprint density at radius 1 is 1.38 bits per heavy atom. The Balaban J connectivity index is 3.83. The van der Waals surface area contributed by atoms with Gasteiger partial charge in [-0.25, -0.2) is 4.79 Å². The van der Waals surface area contributed by atoms with E-state index < -0.39 is 5.97 Å². The van der Waals surface area contributed by atoms with Crippen LogP contribution in [0.15, 0.2) is 12.2 Å². The SMILES string of the molecule is CCOC(=O)C=CC(=O)NC(C)C. The average molecular weight is 185 g/mol. The molecular formula is C9H15NO3. The lowest BCUT2D eigenvalue weighted by Crippen LogP contribution is -2.28. The molecule has 0 aliphatic rings. The fourth-order valence-electron chi connectivity index (χ4n) is 0.667. The summed E-state index contributed by atoms with van der Waals surface area (Å²) in [5, 5.41) is 2.61. The van der Waals surface area contributed by atoms with Crippen LogP contribution in [0.2, 0.25) is 0 Å². The summed E-state index contributed by atoms with van der Waals surface area (Å²) in [7, 11) is 0. The summed E-state index contributed by atoms with van der Waals surface area (Å²) in [6, 6.07) is 0.0688. The van der Waals surface area contributed by atoms with Gasteiger partial charge in [-0.1, -0.05) is 0 Å². The number of esters is 1. The smallest absolute Gasteiger partial charge is 0.330 e. The number of rotatable bonds is 4. The highest BCUT2D eigenvalue weighted by molar-refractivity contribution is 5.94. The zero-order chi connectivity index (χ0) is 10.3. The zero-order valence-electron chi connectivity index (χ0n) is 8.16. The van der Waals surface area contributed by atoms with Gasteiger partial charge in [0.2, 0.25) is 5.91 Å². The molecule has 0 atom stereocenters. The van der Waals surface area contributed by atoms with Crippen LogP contribution in [-0.2, 0) is 14.3 Å². The van der Waals surface area contributed by atoms with Crippen LogP contribution in [0.5, 0.6) is 0 Å². The van der Waals surface area contributed by atoms with Crippen LogP contribution in [0.3, 0.4) is 0 Å². The molecule has 0 aliphatic carbocycles. The number of nitrogens with one attached hydrogen (secondary N) is 1. The molecule has 4 nitrogen and oxygen atoms in total. The highest BCUT2D eigenvalue weighted by Gasteiger charge is 1.99. The maximum atomic E-state index is 11.0. The van der Waals surface area contributed by atoms with E-state index in [9.17, 15) is 9.59 Å². The van der Waals surface area contributed by atoms with Crippen LogP contribution >= 0.6 is 0 Å². The molecule has 0 saturated carbocycles. The van der Waals surface area contributed by atoms with Gasteiger partial charge in [0.15, 0.2) is 0 Å². The van der Waals surface area contributed by atoms with Gasteiger partial charge in [0.1, 0.15) is 0 Å². The largest absolute Gasteiger partial charge is 0.463 e. The highest BCUT2D eigenvalue weighted by atomic mass is 16.5. The van der Waals surface area contributed by atoms with Crippen LogP contribution in [0.4, 0.5) is 0 Å². The molecule has 4 heteroatoms. The standard InChI is InChI=1S/C9H15NO3/c1-4-13-9(12)6-5-8(11)10-7(2)3/h5-7H,4H2,1-3H3,(H,10,11). The molecule has 0 rings (SSSR count). The van der Waals surface area contributed by atoms with Crippen molar-refractivity contribution in [1.29, 1.82) is 0 Å². The third-order valence-corrected chi connectivity index (χ3v) is 1.09. The Labute approximate surface area is 78.0 Å². The average Bonchev–Trinajstić information content (AvgIpc) is 2.00. The lowest BCUT2D eigenvalue weighted by Gasteiger charge is -2.03. The highest BCUT2D eigenvalue weighted by Crippen LogP contribution is 1.83. The zero-order valence-corrected chi connectivity index (χ0v) is 8.16. The first-order valence-electron chi connectivity index (χ1n) is 4.21. The molecule has 0 fully saturated rings. The van der Waals surface area contributed by atoms with Crippen molar-refractivity contribution in [1.82, 2.24) is 5.32 Å². The Morgan fingerprint density at radius 3 is 2.46 bits per heavy atom. The van der Waals surface area contributed by atoms with Crippen LogP contribution in [-0.4, -0.2) is 24.5 Å². The van der Waals surface area contributed by atoms with E-state index in [0.29, 0.717) is 6.61 Å². The first kappa shape index (κ1) is 11.7. The summed E-state index contributed by atoms with van der Waals surface area (Å²) in [4.78, 5) is 21.7. The molecule has 1 amide bonds. The van der Waals surface area contributed by atoms with Crippen LogP contribution in [0.25, 0.3) is 0 Å². The maximum absolute atomic E-state index is 11.0. The topological polar surface area (TPSA) is 55.4 Å². The quantitative estimate of drug-likeness (QED) is 0.516. The Kier molecular flexibility index (Phi) is 5.59. The fraction of sp³-hybridized carbons (Fsp3) is 0.556. The van der Waals surface area contributed by atoms with Crippen LogP contribution < -0.4 is 5.32 Å². The molecule has 0 unspecified atom stereocenters. The summed E-state index contributed by atoms with van der Waals surface area (Å²) in [6.45, 7) is 5.71. The second kappa shape index (κ2) is 6.22. The van der Waals surface area contributed by atoms with E-state index in [1.54, 1.807) is 6.92 Å². The van der Waals surface area contributed by atoms with Gasteiger partial charge in [-0.3, -0.25) is 4.79 Å². The molecule has 0 aromatic carbocycles. The summed E-state index contributed by atoms with van der Waals surface area (Å²) in [5.74, 6) is -0.788. The monoisotopic (exact) mass is 185 g/mol. The van der Waals surface area contributed by atoms with Gasteiger partial charge in [-0.15, -0.1) is 0 Å². The first-order chi connectivity index (χ1) is 6.06. The molecule has 0 aromatic heterocycles. The van der Waals surface area contributed by atoms with Gasteiger partial charge in [0, 0.05) is 18.2 Å². The van der Waals surface area contributed by atoms with Gasteiger partial charge >= 0.3 is 5.97 Å². The van der Waals surface area contributed by atoms with E-state index in [0.717, 1.165) is 12.2 Å². The summed E-state index contributed by atoms with van der Waals surface area (Å²) in [5.41, 5.74) is 0. The Hall–Kier alpha value is -1.32. The van der Waals surface area contributed by atoms with Crippen molar-refractivity contribution in [3.05, 3.63) is 12.2 Å². The van der Waals surface area contributed by atoms with Gasteiger partial charge in [-0.05, 0) is 20.8 Å². The van der Waals surface area contributed by atoms with Crippen molar-refractivity contribution in [2.75, 3.05) is 6.61 Å². The summed E-state index contributed by atoms with van der Waals surface area (Å²) in [6.07, 6.45) is 2.28. The minimum Gasteiger partial charge on any atom is -0.463 e. The Morgan fingerprint density at radius 2 is 2.00 bits per heavy atom. The van der Waals surface area contributed by atoms with Gasteiger partial charge in [-0.2, -0.15) is 0 Å². The first-order valence-corrected chi connectivity index (χ1v) is 4.21. The van der Waals surface area contributed by atoms with Gasteiger partial charge < -0.3 is 10.1 Å². The fourth-order valence-corrected chi connectivity index (χ4v) is 0.667. The van der Waals surface area contributed by atoms with E-state index in [2.05, 4.69) is 10.1 Å². The number of hydrogen-bond acceptors (Lipinski definition) is 3. The van der Waals surface area contributed by atoms with Crippen LogP contribution in [0, 0.1) is 0 Å². The third-order valence-electron chi connectivity index (χ3n) is 1.09. The lowest BCUT2D eigenvalue weighted by atomic mass is 10.4. The third kappa shape index (κ3) is 7.05. The van der Waals surface area contributed by atoms with Crippen molar-refractivity contribution in [2.45, 2.75) is 26.8 Å². The van der Waals surface area contributed by atoms with E-state index in [1.165, 1.54) is 0 Å². The molecule has 74 valence electrons. The van der Waals surface area contributed by atoms with Gasteiger partial charge in [0.25, 0.3) is 0 Å². The van der Waals surface area contributed by atoms with E-state index >= 15 is 0 Å². The second-order valence-electron chi connectivity index (χ2n) is 2.75. The van der Waals surface area contributed by atoms with E-state index in [1.807, 2.05) is 13.8 Å². The van der Waals surface area contributed by atoms with Crippen molar-refractivity contribution in [3.8, 4) is 0 Å². The van der Waals surface area contributed by atoms with Crippen molar-refractivity contribution < 1.29 is 14.3 Å². The summed E-state index contributed by atoms with van der Waals surface area (Å²) >= 11 is 0. The lowest BCUT2D eigenvalue weighted by molar-refractivity contribution is -0.137. The van der Waals surface area contributed by atoms with E-state index in [-0.39, 0.29) is 11.9 Å². The van der Waals surface area contributed by atoms with Crippen LogP contribution in [0.1, 0.15) is 20.8 Å². The second-order valence-corrected chi connectivity index (χ2v) is 2.75. The minimum absolute atomic E-state index is 0.0688. The van der Waals surface area contributed by atoms with Crippen molar-refractivity contribution in [3.63, 3.8) is 0 Å². The molecule has 0 bridgehead atoms. The molecule has 0 saturated heterocycles. The number of carbonyl (C=O) groups excluding carboxylic acids is 2. The molecule has 0 radical (unpaired) electrons. The molecule has 1 N–H and O–H groups in total. The number of ether oxygens (including phenoxy) is 1. The molecule has 0 aromatic rings. The molecule has 0 spiro atoms. The van der Waals surface area contributed by atoms with E-state index in [4.69, 9.17) is 0 Å². The predicted octanol–water partition coefficient (Wildman–Crippen LogP) is 0.630. The normalized spacial score (nSPS) is 10.5. The van der Waals surface area contributed by atoms with Crippen molar-refractivity contribution in [2.24, 2.45) is 0 Å². The maximum Gasteiger partial charge on any atom is 0.330 e. The number of hydrogen-bond donors (Lipinski definition) is 1. The number of carbonyl (C=O) groups is 2. The molecule has 0 heterocycles. The molecule has 0 aliphatic heterocycles. The van der Waals surface area contributed by atoms with Crippen molar-refractivity contribution >= 4 is 11.9 Å². The Bertz CT molecular complexity index is 209. The predicted molar refractivity (Wildman–Crippen MR) is 49.1 cm³/mol. The minimum atomic E-state index is -0.499. The van der Waals surface area contributed by atoms with Gasteiger partial charge in [0.05, 0.1) is 6.61 Å².